The van der Waals surface area contributed by atoms with Gasteiger partial charge >= 0.3 is 0 Å². The van der Waals surface area contributed by atoms with Crippen molar-refractivity contribution in [3.05, 3.63) is 0 Å². The van der Waals surface area contributed by atoms with Gasteiger partial charge in [-0.05, 0) is 26.2 Å². The van der Waals surface area contributed by atoms with Crippen molar-refractivity contribution >= 4 is 5.91 Å². The van der Waals surface area contributed by atoms with Gasteiger partial charge in [-0.2, -0.15) is 0 Å². The summed E-state index contributed by atoms with van der Waals surface area (Å²) in [6.07, 6.45) is 3.96. The molecule has 4 nitrogen and oxygen atoms in total. The Morgan fingerprint density at radius 3 is 3.07 bits per heavy atom. The minimum atomic E-state index is -0.0577. The summed E-state index contributed by atoms with van der Waals surface area (Å²) in [6, 6.07) is -0.0577. The monoisotopic (exact) mass is 200 g/mol. The van der Waals surface area contributed by atoms with Crippen LogP contribution in [0.3, 0.4) is 0 Å². The maximum atomic E-state index is 11.2. The Balaban J connectivity index is 1.99. The molecule has 1 amide bonds. The molecule has 0 aliphatic carbocycles. The van der Waals surface area contributed by atoms with Crippen LogP contribution < -0.4 is 11.1 Å². The Hall–Kier alpha value is -0.610. The molecule has 0 saturated carbocycles. The number of ether oxygens (including phenoxy) is 1. The predicted molar refractivity (Wildman–Crippen MR) is 54.9 cm³/mol. The van der Waals surface area contributed by atoms with Crippen molar-refractivity contribution < 1.29 is 9.53 Å². The summed E-state index contributed by atoms with van der Waals surface area (Å²) in [7, 11) is 0. The normalized spacial score (nSPS) is 23.4. The van der Waals surface area contributed by atoms with E-state index in [4.69, 9.17) is 10.5 Å². The summed E-state index contributed by atoms with van der Waals surface area (Å²) in [5, 5.41) is 2.84. The highest BCUT2D eigenvalue weighted by Gasteiger charge is 2.15. The van der Waals surface area contributed by atoms with E-state index < -0.39 is 0 Å². The van der Waals surface area contributed by atoms with Crippen LogP contribution in [0.4, 0.5) is 0 Å². The van der Waals surface area contributed by atoms with Crippen LogP contribution in [-0.2, 0) is 9.53 Å². The van der Waals surface area contributed by atoms with Crippen molar-refractivity contribution in [2.24, 2.45) is 5.73 Å². The molecule has 0 aromatic rings. The van der Waals surface area contributed by atoms with Crippen molar-refractivity contribution in [3.8, 4) is 0 Å². The Morgan fingerprint density at radius 2 is 2.50 bits per heavy atom. The molecule has 82 valence electrons. The van der Waals surface area contributed by atoms with Gasteiger partial charge in [-0.25, -0.2) is 0 Å². The SMILES string of the molecule is CC(N)CC(=O)NCCC1CCCO1. The first kappa shape index (κ1) is 11.5. The third-order valence-corrected chi connectivity index (χ3v) is 2.32. The number of carbonyl (C=O) groups is 1. The second-order valence-corrected chi connectivity index (χ2v) is 3.96. The maximum absolute atomic E-state index is 11.2. The van der Waals surface area contributed by atoms with Crippen LogP contribution in [0.15, 0.2) is 0 Å². The molecule has 14 heavy (non-hydrogen) atoms. The third-order valence-electron chi connectivity index (χ3n) is 2.32. The Labute approximate surface area is 85.2 Å². The van der Waals surface area contributed by atoms with Gasteiger partial charge in [-0.15, -0.1) is 0 Å². The number of nitrogens with two attached hydrogens (primary N) is 1. The summed E-state index contributed by atoms with van der Waals surface area (Å²) in [5.74, 6) is 0.0398. The second-order valence-electron chi connectivity index (χ2n) is 3.96. The molecule has 1 aliphatic heterocycles. The number of rotatable bonds is 5. The molecule has 0 radical (unpaired) electrons. The molecule has 3 N–H and O–H groups in total. The number of amides is 1. The van der Waals surface area contributed by atoms with Gasteiger partial charge in [0.05, 0.1) is 6.10 Å². The highest BCUT2D eigenvalue weighted by molar-refractivity contribution is 5.76. The van der Waals surface area contributed by atoms with E-state index in [1.54, 1.807) is 0 Å². The predicted octanol–water partition coefficient (Wildman–Crippen LogP) is 0.409. The van der Waals surface area contributed by atoms with Gasteiger partial charge in [0.15, 0.2) is 0 Å². The second kappa shape index (κ2) is 5.98. The van der Waals surface area contributed by atoms with Gasteiger partial charge < -0.3 is 15.8 Å². The summed E-state index contributed by atoms with van der Waals surface area (Å²) in [6.45, 7) is 3.41. The standard InChI is InChI=1S/C10H20N2O2/c1-8(11)7-10(13)12-5-4-9-3-2-6-14-9/h8-9H,2-7,11H2,1H3,(H,12,13). The fourth-order valence-electron chi connectivity index (χ4n) is 1.61. The van der Waals surface area contributed by atoms with Gasteiger partial charge in [-0.1, -0.05) is 0 Å². The minimum Gasteiger partial charge on any atom is -0.378 e. The summed E-state index contributed by atoms with van der Waals surface area (Å²) < 4.78 is 5.44. The molecule has 1 rings (SSSR count). The van der Waals surface area contributed by atoms with E-state index in [1.165, 1.54) is 0 Å². The summed E-state index contributed by atoms with van der Waals surface area (Å²) in [4.78, 5) is 11.2. The van der Waals surface area contributed by atoms with E-state index >= 15 is 0 Å². The average Bonchev–Trinajstić information content (AvgIpc) is 2.55. The molecule has 1 heterocycles. The van der Waals surface area contributed by atoms with Crippen LogP contribution in [0.2, 0.25) is 0 Å². The smallest absolute Gasteiger partial charge is 0.221 e. The van der Waals surface area contributed by atoms with Gasteiger partial charge in [0.2, 0.25) is 5.91 Å². The quantitative estimate of drug-likeness (QED) is 0.675. The molecule has 1 aliphatic rings. The Morgan fingerprint density at radius 1 is 1.71 bits per heavy atom. The number of carbonyl (C=O) groups excluding carboxylic acids is 1. The molecular weight excluding hydrogens is 180 g/mol. The van der Waals surface area contributed by atoms with Crippen molar-refractivity contribution in [3.63, 3.8) is 0 Å². The minimum absolute atomic E-state index is 0.0398. The molecular formula is C10H20N2O2. The largest absolute Gasteiger partial charge is 0.378 e. The first-order valence-electron chi connectivity index (χ1n) is 5.32. The lowest BCUT2D eigenvalue weighted by molar-refractivity contribution is -0.121. The van der Waals surface area contributed by atoms with Gasteiger partial charge in [0, 0.05) is 25.6 Å². The van der Waals surface area contributed by atoms with E-state index in [0.29, 0.717) is 19.1 Å². The summed E-state index contributed by atoms with van der Waals surface area (Å²) in [5.41, 5.74) is 5.50. The van der Waals surface area contributed by atoms with Gasteiger partial charge in [0.25, 0.3) is 0 Å². The van der Waals surface area contributed by atoms with Crippen LogP contribution in [0.25, 0.3) is 0 Å². The van der Waals surface area contributed by atoms with Crippen LogP contribution in [-0.4, -0.2) is 31.2 Å². The zero-order valence-electron chi connectivity index (χ0n) is 8.79. The lowest BCUT2D eigenvalue weighted by atomic mass is 10.2. The fourth-order valence-corrected chi connectivity index (χ4v) is 1.61. The van der Waals surface area contributed by atoms with Gasteiger partial charge in [0.1, 0.15) is 0 Å². The molecule has 0 spiro atoms. The average molecular weight is 200 g/mol. The third kappa shape index (κ3) is 4.58. The fraction of sp³-hybridized carbons (Fsp3) is 0.900. The highest BCUT2D eigenvalue weighted by atomic mass is 16.5. The lowest BCUT2D eigenvalue weighted by Gasteiger charge is -2.10. The van der Waals surface area contributed by atoms with Crippen LogP contribution in [0.1, 0.15) is 32.6 Å². The van der Waals surface area contributed by atoms with E-state index in [1.807, 2.05) is 6.92 Å². The molecule has 0 aromatic heterocycles. The number of hydrogen-bond acceptors (Lipinski definition) is 3. The van der Waals surface area contributed by atoms with Crippen molar-refractivity contribution in [2.45, 2.75) is 44.8 Å². The molecule has 2 unspecified atom stereocenters. The molecule has 4 heteroatoms. The van der Waals surface area contributed by atoms with Crippen LogP contribution >= 0.6 is 0 Å². The van der Waals surface area contributed by atoms with E-state index in [-0.39, 0.29) is 11.9 Å². The van der Waals surface area contributed by atoms with E-state index in [0.717, 1.165) is 25.9 Å². The lowest BCUT2D eigenvalue weighted by Crippen LogP contribution is -2.31. The molecule has 0 bridgehead atoms. The molecule has 1 fully saturated rings. The molecule has 2 atom stereocenters. The van der Waals surface area contributed by atoms with E-state index in [9.17, 15) is 4.79 Å². The maximum Gasteiger partial charge on any atom is 0.221 e. The first-order chi connectivity index (χ1) is 6.68. The molecule has 1 saturated heterocycles. The van der Waals surface area contributed by atoms with Crippen molar-refractivity contribution in [2.75, 3.05) is 13.2 Å². The van der Waals surface area contributed by atoms with Crippen LogP contribution in [0, 0.1) is 0 Å². The number of hydrogen-bond donors (Lipinski definition) is 2. The first-order valence-corrected chi connectivity index (χ1v) is 5.32. The zero-order chi connectivity index (χ0) is 10.4. The zero-order valence-corrected chi connectivity index (χ0v) is 8.79. The number of nitrogens with one attached hydrogen (secondary N) is 1. The Kier molecular flexibility index (Phi) is 4.90. The molecule has 0 aromatic carbocycles. The van der Waals surface area contributed by atoms with E-state index in [2.05, 4.69) is 5.32 Å². The highest BCUT2D eigenvalue weighted by Crippen LogP contribution is 2.14. The summed E-state index contributed by atoms with van der Waals surface area (Å²) >= 11 is 0. The Bertz CT molecular complexity index is 177. The van der Waals surface area contributed by atoms with Crippen LogP contribution in [0.5, 0.6) is 0 Å². The van der Waals surface area contributed by atoms with Crippen molar-refractivity contribution in [1.82, 2.24) is 5.32 Å². The topological polar surface area (TPSA) is 64.4 Å². The van der Waals surface area contributed by atoms with Gasteiger partial charge in [-0.3, -0.25) is 4.79 Å². The van der Waals surface area contributed by atoms with Crippen molar-refractivity contribution in [1.29, 1.82) is 0 Å².